The Hall–Kier alpha value is -1.59. The van der Waals surface area contributed by atoms with Crippen LogP contribution in [0.25, 0.3) is 0 Å². The van der Waals surface area contributed by atoms with Crippen LogP contribution in [0.2, 0.25) is 15.1 Å². The van der Waals surface area contributed by atoms with Gasteiger partial charge in [-0.2, -0.15) is 0 Å². The highest BCUT2D eigenvalue weighted by Crippen LogP contribution is 2.28. The van der Waals surface area contributed by atoms with Gasteiger partial charge in [-0.05, 0) is 42.0 Å². The summed E-state index contributed by atoms with van der Waals surface area (Å²) in [6.07, 6.45) is 0.484. The van der Waals surface area contributed by atoms with E-state index < -0.39 is 0 Å². The fourth-order valence-electron chi connectivity index (χ4n) is 2.08. The number of carbonyl (C=O) groups is 1. The maximum atomic E-state index is 12.2. The standard InChI is InChI=1S/C17H11Cl3N2OS/c18-10-4-6-11(7-5-10)21-17(23)15-9-24-16(22-15)8-12-13(19)2-1-3-14(12)20/h1-7,9H,8H2,(H,21,23). The molecule has 1 N–H and O–H groups in total. The zero-order valence-corrected chi connectivity index (χ0v) is 15.3. The molecule has 122 valence electrons. The normalized spacial score (nSPS) is 10.6. The van der Waals surface area contributed by atoms with Gasteiger partial charge in [0.2, 0.25) is 0 Å². The number of anilines is 1. The van der Waals surface area contributed by atoms with Crippen LogP contribution in [-0.2, 0) is 6.42 Å². The minimum atomic E-state index is -0.273. The molecule has 0 aliphatic rings. The van der Waals surface area contributed by atoms with Crippen molar-refractivity contribution in [2.24, 2.45) is 0 Å². The average Bonchev–Trinajstić information content (AvgIpc) is 3.02. The molecule has 0 saturated carbocycles. The third-order valence-corrected chi connectivity index (χ3v) is 5.09. The average molecular weight is 398 g/mol. The summed E-state index contributed by atoms with van der Waals surface area (Å²) in [5.41, 5.74) is 1.82. The molecule has 7 heteroatoms. The molecule has 0 bridgehead atoms. The van der Waals surface area contributed by atoms with E-state index in [-0.39, 0.29) is 5.91 Å². The number of benzene rings is 2. The number of amides is 1. The first-order valence-electron chi connectivity index (χ1n) is 6.97. The number of rotatable bonds is 4. The van der Waals surface area contributed by atoms with Crippen LogP contribution in [0.3, 0.4) is 0 Å². The van der Waals surface area contributed by atoms with Gasteiger partial charge in [0, 0.05) is 32.6 Å². The highest BCUT2D eigenvalue weighted by Gasteiger charge is 2.13. The Balaban J connectivity index is 1.73. The number of nitrogens with one attached hydrogen (secondary N) is 1. The molecule has 1 aromatic heterocycles. The number of nitrogens with zero attached hydrogens (tertiary/aromatic N) is 1. The Bertz CT molecular complexity index is 858. The molecule has 1 amide bonds. The molecule has 3 nitrogen and oxygen atoms in total. The van der Waals surface area contributed by atoms with Gasteiger partial charge in [0.15, 0.2) is 0 Å². The van der Waals surface area contributed by atoms with E-state index in [9.17, 15) is 4.79 Å². The number of hydrogen-bond acceptors (Lipinski definition) is 3. The maximum Gasteiger partial charge on any atom is 0.275 e. The zero-order valence-electron chi connectivity index (χ0n) is 12.2. The molecule has 0 fully saturated rings. The molecule has 0 spiro atoms. The molecule has 24 heavy (non-hydrogen) atoms. The zero-order chi connectivity index (χ0) is 17.1. The Labute approximate surface area is 158 Å². The predicted molar refractivity (Wildman–Crippen MR) is 101 cm³/mol. The molecule has 0 atom stereocenters. The van der Waals surface area contributed by atoms with E-state index in [1.807, 2.05) is 0 Å². The van der Waals surface area contributed by atoms with Gasteiger partial charge in [0.05, 0.1) is 5.01 Å². The van der Waals surface area contributed by atoms with E-state index in [0.717, 1.165) is 10.6 Å². The Morgan fingerprint density at radius 2 is 1.71 bits per heavy atom. The largest absolute Gasteiger partial charge is 0.321 e. The summed E-state index contributed by atoms with van der Waals surface area (Å²) >= 11 is 19.6. The number of hydrogen-bond donors (Lipinski definition) is 1. The van der Waals surface area contributed by atoms with E-state index in [2.05, 4.69) is 10.3 Å². The summed E-state index contributed by atoms with van der Waals surface area (Å²) in [6.45, 7) is 0. The second kappa shape index (κ2) is 7.53. The molecular formula is C17H11Cl3N2OS. The first kappa shape index (κ1) is 17.2. The summed E-state index contributed by atoms with van der Waals surface area (Å²) in [7, 11) is 0. The van der Waals surface area contributed by atoms with Crippen LogP contribution in [0.1, 0.15) is 21.1 Å². The van der Waals surface area contributed by atoms with Gasteiger partial charge in [0.1, 0.15) is 5.69 Å². The van der Waals surface area contributed by atoms with Crippen molar-refractivity contribution in [2.45, 2.75) is 6.42 Å². The Morgan fingerprint density at radius 1 is 1.04 bits per heavy atom. The van der Waals surface area contributed by atoms with Gasteiger partial charge in [-0.25, -0.2) is 4.98 Å². The molecule has 0 saturated heterocycles. The summed E-state index contributed by atoms with van der Waals surface area (Å²) in [4.78, 5) is 16.6. The van der Waals surface area contributed by atoms with Crippen molar-refractivity contribution in [1.82, 2.24) is 4.98 Å². The molecule has 3 aromatic rings. The van der Waals surface area contributed by atoms with Gasteiger partial charge in [-0.15, -0.1) is 11.3 Å². The fraction of sp³-hybridized carbons (Fsp3) is 0.0588. The maximum absolute atomic E-state index is 12.2. The van der Waals surface area contributed by atoms with Gasteiger partial charge < -0.3 is 5.32 Å². The predicted octanol–water partition coefficient (Wildman–Crippen LogP) is 5.95. The van der Waals surface area contributed by atoms with Crippen molar-refractivity contribution in [3.8, 4) is 0 Å². The molecule has 2 aromatic carbocycles. The quantitative estimate of drug-likeness (QED) is 0.591. The molecule has 0 aliphatic heterocycles. The molecule has 0 radical (unpaired) electrons. The minimum absolute atomic E-state index is 0.273. The summed E-state index contributed by atoms with van der Waals surface area (Å²) in [5, 5.41) is 7.05. The van der Waals surface area contributed by atoms with Crippen molar-refractivity contribution >= 4 is 57.7 Å². The lowest BCUT2D eigenvalue weighted by molar-refractivity contribution is 0.102. The van der Waals surface area contributed by atoms with Crippen molar-refractivity contribution in [1.29, 1.82) is 0 Å². The topological polar surface area (TPSA) is 42.0 Å². The van der Waals surface area contributed by atoms with Crippen molar-refractivity contribution in [3.05, 3.63) is 79.2 Å². The number of thiazole rings is 1. The van der Waals surface area contributed by atoms with E-state index >= 15 is 0 Å². The Kier molecular flexibility index (Phi) is 5.41. The van der Waals surface area contributed by atoms with Gasteiger partial charge >= 0.3 is 0 Å². The van der Waals surface area contributed by atoms with E-state index in [1.54, 1.807) is 47.8 Å². The SMILES string of the molecule is O=C(Nc1ccc(Cl)cc1)c1csc(Cc2c(Cl)cccc2Cl)n1. The van der Waals surface area contributed by atoms with Gasteiger partial charge in [-0.1, -0.05) is 40.9 Å². The van der Waals surface area contributed by atoms with Crippen LogP contribution in [0.5, 0.6) is 0 Å². The van der Waals surface area contributed by atoms with Gasteiger partial charge in [0.25, 0.3) is 5.91 Å². The lowest BCUT2D eigenvalue weighted by Gasteiger charge is -2.04. The minimum Gasteiger partial charge on any atom is -0.321 e. The van der Waals surface area contributed by atoms with E-state index in [0.29, 0.717) is 32.9 Å². The summed E-state index contributed by atoms with van der Waals surface area (Å²) in [5.74, 6) is -0.273. The third-order valence-electron chi connectivity index (χ3n) is 3.28. The summed E-state index contributed by atoms with van der Waals surface area (Å²) in [6, 6.07) is 12.2. The lowest BCUT2D eigenvalue weighted by atomic mass is 10.1. The van der Waals surface area contributed by atoms with Crippen LogP contribution < -0.4 is 5.32 Å². The van der Waals surface area contributed by atoms with Crippen LogP contribution in [-0.4, -0.2) is 10.9 Å². The third kappa shape index (κ3) is 4.08. The Morgan fingerprint density at radius 3 is 2.38 bits per heavy atom. The molecule has 0 aliphatic carbocycles. The van der Waals surface area contributed by atoms with Crippen LogP contribution >= 0.6 is 46.1 Å². The molecular weight excluding hydrogens is 387 g/mol. The smallest absolute Gasteiger partial charge is 0.275 e. The van der Waals surface area contributed by atoms with Crippen LogP contribution in [0.15, 0.2) is 47.8 Å². The van der Waals surface area contributed by atoms with Crippen molar-refractivity contribution < 1.29 is 4.79 Å². The van der Waals surface area contributed by atoms with E-state index in [4.69, 9.17) is 34.8 Å². The van der Waals surface area contributed by atoms with Crippen LogP contribution in [0.4, 0.5) is 5.69 Å². The number of carbonyl (C=O) groups excluding carboxylic acids is 1. The van der Waals surface area contributed by atoms with Crippen LogP contribution in [0, 0.1) is 0 Å². The first-order valence-corrected chi connectivity index (χ1v) is 8.98. The second-order valence-corrected chi connectivity index (χ2v) is 7.16. The highest BCUT2D eigenvalue weighted by atomic mass is 35.5. The first-order chi connectivity index (χ1) is 11.5. The monoisotopic (exact) mass is 396 g/mol. The fourth-order valence-corrected chi connectivity index (χ4v) is 3.52. The number of halogens is 3. The molecule has 1 heterocycles. The highest BCUT2D eigenvalue weighted by molar-refractivity contribution is 7.09. The lowest BCUT2D eigenvalue weighted by Crippen LogP contribution is -2.12. The van der Waals surface area contributed by atoms with Crippen molar-refractivity contribution in [3.63, 3.8) is 0 Å². The van der Waals surface area contributed by atoms with E-state index in [1.165, 1.54) is 11.3 Å². The summed E-state index contributed by atoms with van der Waals surface area (Å²) < 4.78 is 0. The van der Waals surface area contributed by atoms with Gasteiger partial charge in [-0.3, -0.25) is 4.79 Å². The van der Waals surface area contributed by atoms with Crippen molar-refractivity contribution in [2.75, 3.05) is 5.32 Å². The molecule has 3 rings (SSSR count). The number of aromatic nitrogens is 1. The second-order valence-electron chi connectivity index (χ2n) is 4.96. The molecule has 0 unspecified atom stereocenters.